The SMILES string of the molecule is Nc1nc(NCCc2nc3cccc(F)c3c(=O)n2-c2ccccc2Cl)c2nc[nH]c2n1. The molecule has 9 nitrogen and oxygen atoms in total. The molecule has 0 aliphatic carbocycles. The molecule has 11 heteroatoms. The summed E-state index contributed by atoms with van der Waals surface area (Å²) in [4.78, 5) is 33.2. The Morgan fingerprint density at radius 1 is 1.12 bits per heavy atom. The van der Waals surface area contributed by atoms with Crippen LogP contribution in [-0.2, 0) is 6.42 Å². The van der Waals surface area contributed by atoms with Crippen molar-refractivity contribution in [3.05, 3.63) is 75.8 Å². The number of anilines is 2. The fourth-order valence-corrected chi connectivity index (χ4v) is 3.77. The molecule has 5 aromatic rings. The predicted octanol–water partition coefficient (Wildman–Crippen LogP) is 3.08. The van der Waals surface area contributed by atoms with E-state index >= 15 is 0 Å². The maximum Gasteiger partial charge on any atom is 0.269 e. The zero-order chi connectivity index (χ0) is 22.2. The Bertz CT molecular complexity index is 1530. The molecule has 0 amide bonds. The molecule has 0 atom stereocenters. The van der Waals surface area contributed by atoms with Gasteiger partial charge in [-0.1, -0.05) is 29.8 Å². The molecule has 160 valence electrons. The van der Waals surface area contributed by atoms with Crippen LogP contribution in [0.25, 0.3) is 27.8 Å². The molecule has 32 heavy (non-hydrogen) atoms. The number of aromatic amines is 1. The molecule has 3 heterocycles. The van der Waals surface area contributed by atoms with Gasteiger partial charge in [0.1, 0.15) is 22.5 Å². The number of nitrogens with zero attached hydrogens (tertiary/aromatic N) is 5. The van der Waals surface area contributed by atoms with Crippen molar-refractivity contribution in [1.29, 1.82) is 0 Å². The molecule has 0 bridgehead atoms. The number of aromatic nitrogens is 6. The second kappa shape index (κ2) is 7.89. The van der Waals surface area contributed by atoms with Gasteiger partial charge in [0, 0.05) is 13.0 Å². The van der Waals surface area contributed by atoms with Crippen molar-refractivity contribution >= 4 is 45.4 Å². The lowest BCUT2D eigenvalue weighted by Crippen LogP contribution is -2.26. The molecule has 0 saturated carbocycles. The number of rotatable bonds is 5. The van der Waals surface area contributed by atoms with E-state index in [-0.39, 0.29) is 16.9 Å². The minimum atomic E-state index is -0.636. The van der Waals surface area contributed by atoms with Gasteiger partial charge in [-0.25, -0.2) is 14.4 Å². The van der Waals surface area contributed by atoms with E-state index in [0.29, 0.717) is 46.5 Å². The lowest BCUT2D eigenvalue weighted by atomic mass is 10.2. The molecule has 0 aliphatic heterocycles. The van der Waals surface area contributed by atoms with Crippen LogP contribution in [0.3, 0.4) is 0 Å². The first-order valence-corrected chi connectivity index (χ1v) is 10.1. The second-order valence-electron chi connectivity index (χ2n) is 6.96. The molecular formula is C21H16ClFN8O. The van der Waals surface area contributed by atoms with Crippen LogP contribution in [0.15, 0.2) is 53.6 Å². The largest absolute Gasteiger partial charge is 0.368 e. The summed E-state index contributed by atoms with van der Waals surface area (Å²) in [7, 11) is 0. The highest BCUT2D eigenvalue weighted by molar-refractivity contribution is 6.32. The molecule has 3 aromatic heterocycles. The highest BCUT2D eigenvalue weighted by Gasteiger charge is 2.17. The summed E-state index contributed by atoms with van der Waals surface area (Å²) in [6.07, 6.45) is 1.81. The molecule has 0 aliphatic rings. The molecule has 0 unspecified atom stereocenters. The lowest BCUT2D eigenvalue weighted by Gasteiger charge is -2.15. The minimum absolute atomic E-state index is 0.0917. The number of fused-ring (bicyclic) bond motifs is 2. The minimum Gasteiger partial charge on any atom is -0.368 e. The third-order valence-corrected chi connectivity index (χ3v) is 5.27. The van der Waals surface area contributed by atoms with Gasteiger partial charge in [-0.15, -0.1) is 0 Å². The van der Waals surface area contributed by atoms with Gasteiger partial charge in [0.25, 0.3) is 5.56 Å². The number of hydrogen-bond donors (Lipinski definition) is 3. The molecule has 0 radical (unpaired) electrons. The van der Waals surface area contributed by atoms with E-state index in [1.54, 1.807) is 30.3 Å². The van der Waals surface area contributed by atoms with Gasteiger partial charge < -0.3 is 16.0 Å². The third-order valence-electron chi connectivity index (χ3n) is 4.95. The second-order valence-corrected chi connectivity index (χ2v) is 7.37. The average Bonchev–Trinajstić information content (AvgIpc) is 3.23. The van der Waals surface area contributed by atoms with E-state index < -0.39 is 11.4 Å². The Labute approximate surface area is 185 Å². The fourth-order valence-electron chi connectivity index (χ4n) is 3.55. The number of nitrogens with one attached hydrogen (secondary N) is 2. The van der Waals surface area contributed by atoms with Gasteiger partial charge in [0.2, 0.25) is 5.95 Å². The maximum absolute atomic E-state index is 14.5. The van der Waals surface area contributed by atoms with Gasteiger partial charge in [-0.2, -0.15) is 9.97 Å². The zero-order valence-electron chi connectivity index (χ0n) is 16.5. The van der Waals surface area contributed by atoms with Crippen molar-refractivity contribution in [2.45, 2.75) is 6.42 Å². The zero-order valence-corrected chi connectivity index (χ0v) is 17.3. The Hall–Kier alpha value is -4.05. The highest BCUT2D eigenvalue weighted by Crippen LogP contribution is 2.22. The lowest BCUT2D eigenvalue weighted by molar-refractivity contribution is 0.636. The predicted molar refractivity (Wildman–Crippen MR) is 121 cm³/mol. The number of nitrogen functional groups attached to an aromatic ring is 1. The van der Waals surface area contributed by atoms with Crippen LogP contribution in [0.2, 0.25) is 5.02 Å². The summed E-state index contributed by atoms with van der Waals surface area (Å²) in [6.45, 7) is 0.343. The van der Waals surface area contributed by atoms with Gasteiger partial charge >= 0.3 is 0 Å². The molecular weight excluding hydrogens is 435 g/mol. The van der Waals surface area contributed by atoms with E-state index in [4.69, 9.17) is 17.3 Å². The van der Waals surface area contributed by atoms with Crippen LogP contribution < -0.4 is 16.6 Å². The standard InChI is InChI=1S/C21H16ClFN8O/c22-11-4-1-2-7-14(11)31-15(28-13-6-3-5-12(23)16(13)20(31)32)8-9-25-18-17-19(27-10-26-17)30-21(24)29-18/h1-7,10H,8-9H2,(H4,24,25,26,27,29,30). The van der Waals surface area contributed by atoms with Gasteiger partial charge in [-0.05, 0) is 24.3 Å². The Morgan fingerprint density at radius 2 is 1.97 bits per heavy atom. The normalized spacial score (nSPS) is 11.3. The van der Waals surface area contributed by atoms with Crippen LogP contribution in [0.4, 0.5) is 16.2 Å². The topological polar surface area (TPSA) is 127 Å². The Morgan fingerprint density at radius 3 is 2.81 bits per heavy atom. The van der Waals surface area contributed by atoms with E-state index in [2.05, 4.69) is 30.2 Å². The molecule has 2 aromatic carbocycles. The average molecular weight is 451 g/mol. The molecule has 5 rings (SSSR count). The first-order chi connectivity index (χ1) is 15.5. The number of para-hydroxylation sites is 1. The molecule has 4 N–H and O–H groups in total. The summed E-state index contributed by atoms with van der Waals surface area (Å²) in [5.74, 6) is 0.320. The van der Waals surface area contributed by atoms with E-state index in [1.807, 2.05) is 0 Å². The maximum atomic E-state index is 14.5. The highest BCUT2D eigenvalue weighted by atomic mass is 35.5. The first kappa shape index (κ1) is 19.9. The quantitative estimate of drug-likeness (QED) is 0.375. The van der Waals surface area contributed by atoms with Crippen molar-refractivity contribution in [1.82, 2.24) is 29.5 Å². The van der Waals surface area contributed by atoms with Crippen LogP contribution in [-0.4, -0.2) is 36.0 Å². The fraction of sp³-hybridized carbons (Fsp3) is 0.0952. The number of benzene rings is 2. The van der Waals surface area contributed by atoms with E-state index in [0.717, 1.165) is 0 Å². The van der Waals surface area contributed by atoms with Crippen molar-refractivity contribution in [2.75, 3.05) is 17.6 Å². The first-order valence-electron chi connectivity index (χ1n) is 9.68. The van der Waals surface area contributed by atoms with Gasteiger partial charge in [-0.3, -0.25) is 9.36 Å². The summed E-state index contributed by atoms with van der Waals surface area (Å²) in [5.41, 5.74) is 6.97. The smallest absolute Gasteiger partial charge is 0.269 e. The summed E-state index contributed by atoms with van der Waals surface area (Å²) < 4.78 is 15.8. The Balaban J connectivity index is 1.57. The van der Waals surface area contributed by atoms with Crippen molar-refractivity contribution in [3.8, 4) is 5.69 Å². The number of H-pyrrole nitrogens is 1. The third kappa shape index (κ3) is 3.40. The Kier molecular flexibility index (Phi) is 4.91. The molecule has 0 fully saturated rings. The number of hydrogen-bond acceptors (Lipinski definition) is 7. The van der Waals surface area contributed by atoms with E-state index in [1.165, 1.54) is 23.0 Å². The van der Waals surface area contributed by atoms with Gasteiger partial charge in [0.05, 0.1) is 22.6 Å². The summed E-state index contributed by atoms with van der Waals surface area (Å²) >= 11 is 6.35. The number of imidazole rings is 1. The van der Waals surface area contributed by atoms with Crippen molar-refractivity contribution in [3.63, 3.8) is 0 Å². The van der Waals surface area contributed by atoms with Gasteiger partial charge in [0.15, 0.2) is 11.5 Å². The molecule has 0 saturated heterocycles. The monoisotopic (exact) mass is 450 g/mol. The van der Waals surface area contributed by atoms with Crippen LogP contribution in [0, 0.1) is 5.82 Å². The van der Waals surface area contributed by atoms with Crippen LogP contribution in [0.1, 0.15) is 5.82 Å². The van der Waals surface area contributed by atoms with Crippen LogP contribution in [0.5, 0.6) is 0 Å². The van der Waals surface area contributed by atoms with Crippen molar-refractivity contribution < 1.29 is 4.39 Å². The number of nitrogens with two attached hydrogens (primary N) is 1. The van der Waals surface area contributed by atoms with Crippen molar-refractivity contribution in [2.24, 2.45) is 0 Å². The van der Waals surface area contributed by atoms with Crippen LogP contribution >= 0.6 is 11.6 Å². The molecule has 0 spiro atoms. The number of halogens is 2. The van der Waals surface area contributed by atoms with E-state index in [9.17, 15) is 9.18 Å². The summed E-state index contributed by atoms with van der Waals surface area (Å²) in [6, 6.07) is 11.2. The summed E-state index contributed by atoms with van der Waals surface area (Å²) in [5, 5.41) is 3.42.